The van der Waals surface area contributed by atoms with E-state index in [1.165, 1.54) is 0 Å². The van der Waals surface area contributed by atoms with Gasteiger partial charge in [0.1, 0.15) is 6.04 Å². The lowest BCUT2D eigenvalue weighted by atomic mass is 10.0. The molecule has 0 spiro atoms. The van der Waals surface area contributed by atoms with E-state index >= 15 is 0 Å². The van der Waals surface area contributed by atoms with Crippen LogP contribution < -0.4 is 0 Å². The van der Waals surface area contributed by atoms with E-state index in [0.717, 1.165) is 10.9 Å². The van der Waals surface area contributed by atoms with Crippen LogP contribution in [0, 0.1) is 5.92 Å². The molecule has 0 aliphatic heterocycles. The number of nitrogens with zero attached hydrogens (tertiary/aromatic N) is 1. The standard InChI is InChI=1S/C9H22NO/c1-8(2)6-9(7-11)10(3,4)5/h8-9,11H,6-7H2,1-5H3/q+1/t9-/m0/s1. The summed E-state index contributed by atoms with van der Waals surface area (Å²) in [6, 6.07) is 0.384. The van der Waals surface area contributed by atoms with E-state index in [1.54, 1.807) is 0 Å². The van der Waals surface area contributed by atoms with Crippen LogP contribution in [0.2, 0.25) is 0 Å². The fraction of sp³-hybridized carbons (Fsp3) is 1.00. The molecule has 1 atom stereocenters. The summed E-state index contributed by atoms with van der Waals surface area (Å²) in [6.45, 7) is 4.68. The van der Waals surface area contributed by atoms with Gasteiger partial charge in [-0.15, -0.1) is 0 Å². The van der Waals surface area contributed by atoms with Gasteiger partial charge in [-0.25, -0.2) is 0 Å². The Balaban J connectivity index is 3.96. The fourth-order valence-electron chi connectivity index (χ4n) is 1.18. The molecule has 0 fully saturated rings. The van der Waals surface area contributed by atoms with Crippen LogP contribution in [0.4, 0.5) is 0 Å². The van der Waals surface area contributed by atoms with E-state index in [0.29, 0.717) is 18.6 Å². The highest BCUT2D eigenvalue weighted by atomic mass is 16.3. The van der Waals surface area contributed by atoms with E-state index in [1.807, 2.05) is 0 Å². The third kappa shape index (κ3) is 4.38. The molecule has 2 heteroatoms. The lowest BCUT2D eigenvalue weighted by molar-refractivity contribution is -0.897. The summed E-state index contributed by atoms with van der Waals surface area (Å²) >= 11 is 0. The first-order valence-electron chi connectivity index (χ1n) is 4.30. The molecule has 0 aromatic heterocycles. The van der Waals surface area contributed by atoms with Gasteiger partial charge in [0.25, 0.3) is 0 Å². The van der Waals surface area contributed by atoms with Crippen molar-refractivity contribution in [3.8, 4) is 0 Å². The number of likely N-dealkylation sites (N-methyl/N-ethyl adjacent to an activating group) is 1. The minimum Gasteiger partial charge on any atom is -0.390 e. The van der Waals surface area contributed by atoms with Crippen molar-refractivity contribution in [2.24, 2.45) is 5.92 Å². The molecule has 0 aliphatic rings. The molecule has 1 N–H and O–H groups in total. The zero-order valence-corrected chi connectivity index (χ0v) is 8.46. The average Bonchev–Trinajstić information content (AvgIpc) is 1.79. The molecule has 0 rings (SSSR count). The molecule has 0 saturated heterocycles. The van der Waals surface area contributed by atoms with E-state index in [4.69, 9.17) is 5.11 Å². The minimum absolute atomic E-state index is 0.293. The lowest BCUT2D eigenvalue weighted by Crippen LogP contribution is -2.47. The van der Waals surface area contributed by atoms with Gasteiger partial charge in [-0.1, -0.05) is 13.8 Å². The van der Waals surface area contributed by atoms with Gasteiger partial charge in [-0.3, -0.25) is 0 Å². The number of rotatable bonds is 4. The number of hydrogen-bond donors (Lipinski definition) is 1. The third-order valence-corrected chi connectivity index (χ3v) is 2.05. The highest BCUT2D eigenvalue weighted by molar-refractivity contribution is 4.58. The zero-order valence-electron chi connectivity index (χ0n) is 8.46. The van der Waals surface area contributed by atoms with Gasteiger partial charge in [0, 0.05) is 6.42 Å². The van der Waals surface area contributed by atoms with Gasteiger partial charge in [0.15, 0.2) is 0 Å². The maximum atomic E-state index is 9.09. The molecular weight excluding hydrogens is 138 g/mol. The summed E-state index contributed by atoms with van der Waals surface area (Å²) in [6.07, 6.45) is 1.10. The van der Waals surface area contributed by atoms with Crippen LogP contribution in [-0.4, -0.2) is 43.4 Å². The van der Waals surface area contributed by atoms with Gasteiger partial charge >= 0.3 is 0 Å². The molecular formula is C9H22NO+. The molecule has 11 heavy (non-hydrogen) atoms. The molecule has 0 unspecified atom stereocenters. The quantitative estimate of drug-likeness (QED) is 0.611. The highest BCUT2D eigenvalue weighted by Gasteiger charge is 2.23. The summed E-state index contributed by atoms with van der Waals surface area (Å²) < 4.78 is 0.856. The second kappa shape index (κ2) is 4.07. The first kappa shape index (κ1) is 10.9. The van der Waals surface area contributed by atoms with Crippen molar-refractivity contribution >= 4 is 0 Å². The van der Waals surface area contributed by atoms with E-state index < -0.39 is 0 Å². The average molecular weight is 160 g/mol. The van der Waals surface area contributed by atoms with Gasteiger partial charge < -0.3 is 9.59 Å². The topological polar surface area (TPSA) is 20.2 Å². The predicted molar refractivity (Wildman–Crippen MR) is 48.4 cm³/mol. The summed E-state index contributed by atoms with van der Waals surface area (Å²) in [5.41, 5.74) is 0. The van der Waals surface area contributed by atoms with Crippen molar-refractivity contribution in [3.05, 3.63) is 0 Å². The van der Waals surface area contributed by atoms with Crippen molar-refractivity contribution in [3.63, 3.8) is 0 Å². The normalized spacial score (nSPS) is 15.5. The molecule has 2 nitrogen and oxygen atoms in total. The van der Waals surface area contributed by atoms with Crippen molar-refractivity contribution in [2.45, 2.75) is 26.3 Å². The van der Waals surface area contributed by atoms with Gasteiger partial charge in [0.05, 0.1) is 27.7 Å². The lowest BCUT2D eigenvalue weighted by Gasteiger charge is -2.33. The first-order chi connectivity index (χ1) is 4.88. The second-order valence-corrected chi connectivity index (χ2v) is 4.58. The number of hydrogen-bond acceptors (Lipinski definition) is 1. The van der Waals surface area contributed by atoms with Crippen LogP contribution in [0.15, 0.2) is 0 Å². The molecule has 0 heterocycles. The van der Waals surface area contributed by atoms with Gasteiger partial charge in [-0.2, -0.15) is 0 Å². The molecule has 0 aromatic rings. The molecule has 0 amide bonds. The van der Waals surface area contributed by atoms with Crippen LogP contribution >= 0.6 is 0 Å². The van der Waals surface area contributed by atoms with E-state index in [9.17, 15) is 0 Å². The zero-order chi connectivity index (χ0) is 9.07. The molecule has 0 aromatic carbocycles. The number of aliphatic hydroxyl groups is 1. The van der Waals surface area contributed by atoms with Gasteiger partial charge in [-0.05, 0) is 5.92 Å². The van der Waals surface area contributed by atoms with Gasteiger partial charge in [0.2, 0.25) is 0 Å². The molecule has 0 bridgehead atoms. The SMILES string of the molecule is CC(C)C[C@@H](CO)[N+](C)(C)C. The Bertz CT molecular complexity index is 105. The predicted octanol–water partition coefficient (Wildman–Crippen LogP) is 1.10. The van der Waals surface area contributed by atoms with Crippen molar-refractivity contribution in [2.75, 3.05) is 27.7 Å². The molecule has 0 saturated carbocycles. The molecule has 68 valence electrons. The minimum atomic E-state index is 0.293. The van der Waals surface area contributed by atoms with Crippen molar-refractivity contribution in [1.82, 2.24) is 0 Å². The Labute approximate surface area is 70.4 Å². The van der Waals surface area contributed by atoms with Crippen LogP contribution in [0.25, 0.3) is 0 Å². The number of aliphatic hydroxyl groups excluding tert-OH is 1. The van der Waals surface area contributed by atoms with E-state index in [2.05, 4.69) is 35.0 Å². The summed E-state index contributed by atoms with van der Waals surface area (Å²) in [7, 11) is 6.38. The van der Waals surface area contributed by atoms with Crippen LogP contribution in [0.3, 0.4) is 0 Å². The van der Waals surface area contributed by atoms with Crippen LogP contribution in [0.1, 0.15) is 20.3 Å². The monoisotopic (exact) mass is 160 g/mol. The smallest absolute Gasteiger partial charge is 0.112 e. The van der Waals surface area contributed by atoms with Crippen molar-refractivity contribution in [1.29, 1.82) is 0 Å². The molecule has 0 radical (unpaired) electrons. The summed E-state index contributed by atoms with van der Waals surface area (Å²) in [5.74, 6) is 0.671. The maximum Gasteiger partial charge on any atom is 0.112 e. The third-order valence-electron chi connectivity index (χ3n) is 2.05. The molecule has 0 aliphatic carbocycles. The van der Waals surface area contributed by atoms with E-state index in [-0.39, 0.29) is 0 Å². The fourth-order valence-corrected chi connectivity index (χ4v) is 1.18. The summed E-state index contributed by atoms with van der Waals surface area (Å²) in [5, 5.41) is 9.09. The Morgan fingerprint density at radius 2 is 1.64 bits per heavy atom. The van der Waals surface area contributed by atoms with Crippen LogP contribution in [-0.2, 0) is 0 Å². The Morgan fingerprint density at radius 1 is 1.18 bits per heavy atom. The highest BCUT2D eigenvalue weighted by Crippen LogP contribution is 2.12. The Kier molecular flexibility index (Phi) is 4.04. The number of quaternary nitrogens is 1. The van der Waals surface area contributed by atoms with Crippen molar-refractivity contribution < 1.29 is 9.59 Å². The maximum absolute atomic E-state index is 9.09. The summed E-state index contributed by atoms with van der Waals surface area (Å²) in [4.78, 5) is 0. The Hall–Kier alpha value is -0.0800. The van der Waals surface area contributed by atoms with Crippen LogP contribution in [0.5, 0.6) is 0 Å². The second-order valence-electron chi connectivity index (χ2n) is 4.58. The Morgan fingerprint density at radius 3 is 1.73 bits per heavy atom. The largest absolute Gasteiger partial charge is 0.390 e. The first-order valence-corrected chi connectivity index (χ1v) is 4.30.